The highest BCUT2D eigenvalue weighted by Crippen LogP contribution is 2.18. The molecule has 1 aliphatic heterocycles. The second-order valence-electron chi connectivity index (χ2n) is 2.77. The van der Waals surface area contributed by atoms with Crippen LogP contribution in [-0.4, -0.2) is 18.1 Å². The molecule has 1 aromatic rings. The summed E-state index contributed by atoms with van der Waals surface area (Å²) in [5.74, 6) is 0.143. The Hall–Kier alpha value is -0.960. The predicted molar refractivity (Wildman–Crippen MR) is 39.8 cm³/mol. The number of nitrogens with one attached hydrogen (secondary N) is 1. The predicted octanol–water partition coefficient (Wildman–Crippen LogP) is 0.907. The van der Waals surface area contributed by atoms with Crippen molar-refractivity contribution in [3.63, 3.8) is 0 Å². The Bertz CT molecular complexity index is 241. The van der Waals surface area contributed by atoms with Crippen molar-refractivity contribution >= 4 is 0 Å². The number of halogens is 1. The first-order valence-electron chi connectivity index (χ1n) is 3.68. The summed E-state index contributed by atoms with van der Waals surface area (Å²) in [5, 5.41) is 3.15. The molecule has 0 amide bonds. The molecular formula is C8H9FN2. The summed E-state index contributed by atoms with van der Waals surface area (Å²) in [7, 11) is 0. The third-order valence-corrected chi connectivity index (χ3v) is 2.00. The Morgan fingerprint density at radius 1 is 1.45 bits per heavy atom. The Balaban J connectivity index is 2.18. The first-order chi connectivity index (χ1) is 5.36. The van der Waals surface area contributed by atoms with Crippen molar-refractivity contribution in [1.82, 2.24) is 10.3 Å². The summed E-state index contributed by atoms with van der Waals surface area (Å²) in [6.45, 7) is 1.99. The molecule has 0 atom stereocenters. The fraction of sp³-hybridized carbons (Fsp3) is 0.375. The maximum atomic E-state index is 12.3. The lowest BCUT2D eigenvalue weighted by molar-refractivity contribution is 0.445. The van der Waals surface area contributed by atoms with E-state index in [1.54, 1.807) is 12.3 Å². The van der Waals surface area contributed by atoms with Crippen LogP contribution in [0.5, 0.6) is 0 Å². The summed E-state index contributed by atoms with van der Waals surface area (Å²) >= 11 is 0. The first-order valence-corrected chi connectivity index (χ1v) is 3.68. The van der Waals surface area contributed by atoms with Crippen LogP contribution in [0.25, 0.3) is 0 Å². The van der Waals surface area contributed by atoms with Gasteiger partial charge in [0.1, 0.15) is 0 Å². The van der Waals surface area contributed by atoms with Crippen LogP contribution in [0.4, 0.5) is 4.39 Å². The average molecular weight is 152 g/mol. The molecule has 0 aliphatic carbocycles. The van der Waals surface area contributed by atoms with E-state index in [-0.39, 0.29) is 0 Å². The SMILES string of the molecule is Fc1ccc(C2CNC2)cn1. The summed E-state index contributed by atoms with van der Waals surface area (Å²) in [6, 6.07) is 3.21. The molecule has 0 aromatic carbocycles. The van der Waals surface area contributed by atoms with E-state index in [9.17, 15) is 4.39 Å². The molecule has 0 radical (unpaired) electrons. The Kier molecular flexibility index (Phi) is 1.58. The van der Waals surface area contributed by atoms with Crippen molar-refractivity contribution in [2.24, 2.45) is 0 Å². The topological polar surface area (TPSA) is 24.9 Å². The molecule has 2 rings (SSSR count). The molecule has 0 bridgehead atoms. The van der Waals surface area contributed by atoms with E-state index in [4.69, 9.17) is 0 Å². The molecule has 2 heterocycles. The minimum absolute atomic E-state index is 0.402. The fourth-order valence-corrected chi connectivity index (χ4v) is 1.15. The van der Waals surface area contributed by atoms with E-state index in [1.807, 2.05) is 0 Å². The number of hydrogen-bond acceptors (Lipinski definition) is 2. The van der Waals surface area contributed by atoms with Gasteiger partial charge in [0.25, 0.3) is 0 Å². The lowest BCUT2D eigenvalue weighted by Crippen LogP contribution is -2.39. The summed E-state index contributed by atoms with van der Waals surface area (Å²) in [5.41, 5.74) is 1.13. The van der Waals surface area contributed by atoms with Crippen molar-refractivity contribution < 1.29 is 4.39 Å². The summed E-state index contributed by atoms with van der Waals surface area (Å²) < 4.78 is 12.3. The summed E-state index contributed by atoms with van der Waals surface area (Å²) in [6.07, 6.45) is 1.61. The third kappa shape index (κ3) is 1.24. The zero-order chi connectivity index (χ0) is 7.68. The van der Waals surface area contributed by atoms with E-state index >= 15 is 0 Å². The van der Waals surface area contributed by atoms with Crippen LogP contribution in [0, 0.1) is 5.95 Å². The van der Waals surface area contributed by atoms with Gasteiger partial charge in [-0.3, -0.25) is 0 Å². The van der Waals surface area contributed by atoms with Crippen molar-refractivity contribution in [1.29, 1.82) is 0 Å². The highest BCUT2D eigenvalue weighted by Gasteiger charge is 2.18. The summed E-state index contributed by atoms with van der Waals surface area (Å²) in [4.78, 5) is 3.59. The van der Waals surface area contributed by atoms with Gasteiger partial charge in [0.15, 0.2) is 0 Å². The van der Waals surface area contributed by atoms with E-state index in [0.717, 1.165) is 18.7 Å². The number of rotatable bonds is 1. The van der Waals surface area contributed by atoms with Crippen molar-refractivity contribution in [2.75, 3.05) is 13.1 Å². The molecule has 1 fully saturated rings. The van der Waals surface area contributed by atoms with Crippen LogP contribution in [0.2, 0.25) is 0 Å². The number of pyridine rings is 1. The van der Waals surface area contributed by atoms with Crippen LogP contribution >= 0.6 is 0 Å². The maximum Gasteiger partial charge on any atom is 0.212 e. The van der Waals surface area contributed by atoms with Gasteiger partial charge in [0.05, 0.1) is 0 Å². The molecule has 1 N–H and O–H groups in total. The van der Waals surface area contributed by atoms with E-state index in [2.05, 4.69) is 10.3 Å². The van der Waals surface area contributed by atoms with Crippen molar-refractivity contribution in [3.05, 3.63) is 29.8 Å². The lowest BCUT2D eigenvalue weighted by atomic mass is 9.95. The van der Waals surface area contributed by atoms with Gasteiger partial charge in [-0.2, -0.15) is 4.39 Å². The molecular weight excluding hydrogens is 143 g/mol. The molecule has 58 valence electrons. The van der Waals surface area contributed by atoms with Crippen LogP contribution in [0.15, 0.2) is 18.3 Å². The molecule has 2 nitrogen and oxygen atoms in total. The Morgan fingerprint density at radius 2 is 2.27 bits per heavy atom. The van der Waals surface area contributed by atoms with E-state index in [1.165, 1.54) is 6.07 Å². The normalized spacial score (nSPS) is 17.9. The highest BCUT2D eigenvalue weighted by molar-refractivity contribution is 5.18. The number of aromatic nitrogens is 1. The van der Waals surface area contributed by atoms with Crippen LogP contribution in [0.1, 0.15) is 11.5 Å². The molecule has 1 saturated heterocycles. The molecule has 1 aliphatic rings. The molecule has 0 unspecified atom stereocenters. The first kappa shape index (κ1) is 6.73. The van der Waals surface area contributed by atoms with Gasteiger partial charge < -0.3 is 5.32 Å². The average Bonchev–Trinajstić information content (AvgIpc) is 1.90. The molecule has 0 spiro atoms. The maximum absolute atomic E-state index is 12.3. The third-order valence-electron chi connectivity index (χ3n) is 2.00. The van der Waals surface area contributed by atoms with Gasteiger partial charge in [-0.1, -0.05) is 6.07 Å². The Labute approximate surface area is 64.5 Å². The zero-order valence-electron chi connectivity index (χ0n) is 6.05. The van der Waals surface area contributed by atoms with Crippen molar-refractivity contribution in [2.45, 2.75) is 5.92 Å². The largest absolute Gasteiger partial charge is 0.315 e. The molecule has 3 heteroatoms. The van der Waals surface area contributed by atoms with Crippen LogP contribution in [-0.2, 0) is 0 Å². The van der Waals surface area contributed by atoms with Gasteiger partial charge in [-0.25, -0.2) is 4.98 Å². The van der Waals surface area contributed by atoms with Gasteiger partial charge in [0, 0.05) is 25.2 Å². The second-order valence-corrected chi connectivity index (χ2v) is 2.77. The molecule has 1 aromatic heterocycles. The molecule has 0 saturated carbocycles. The Morgan fingerprint density at radius 3 is 2.73 bits per heavy atom. The van der Waals surface area contributed by atoms with Crippen LogP contribution in [0.3, 0.4) is 0 Å². The smallest absolute Gasteiger partial charge is 0.212 e. The van der Waals surface area contributed by atoms with Gasteiger partial charge in [0.2, 0.25) is 5.95 Å². The minimum Gasteiger partial charge on any atom is -0.315 e. The highest BCUT2D eigenvalue weighted by atomic mass is 19.1. The monoisotopic (exact) mass is 152 g/mol. The number of nitrogens with zero attached hydrogens (tertiary/aromatic N) is 1. The van der Waals surface area contributed by atoms with E-state index < -0.39 is 5.95 Å². The van der Waals surface area contributed by atoms with Gasteiger partial charge in [-0.15, -0.1) is 0 Å². The quantitative estimate of drug-likeness (QED) is 0.605. The molecule has 11 heavy (non-hydrogen) atoms. The number of hydrogen-bond donors (Lipinski definition) is 1. The zero-order valence-corrected chi connectivity index (χ0v) is 6.05. The fourth-order valence-electron chi connectivity index (χ4n) is 1.15. The standard InChI is InChI=1S/C8H9FN2/c9-8-2-1-6(5-11-8)7-3-10-4-7/h1-2,5,7,10H,3-4H2. The van der Waals surface area contributed by atoms with E-state index in [0.29, 0.717) is 5.92 Å². The van der Waals surface area contributed by atoms with Gasteiger partial charge >= 0.3 is 0 Å². The minimum atomic E-state index is -0.402. The van der Waals surface area contributed by atoms with Gasteiger partial charge in [-0.05, 0) is 11.6 Å². The van der Waals surface area contributed by atoms with Crippen LogP contribution < -0.4 is 5.32 Å². The van der Waals surface area contributed by atoms with Crippen molar-refractivity contribution in [3.8, 4) is 0 Å². The second kappa shape index (κ2) is 2.58. The lowest BCUT2D eigenvalue weighted by Gasteiger charge is -2.26.